The quantitative estimate of drug-likeness (QED) is 0.936. The Morgan fingerprint density at radius 1 is 1.25 bits per heavy atom. The molecule has 6 heteroatoms. The Balaban J connectivity index is 1.93. The molecule has 0 aliphatic carbocycles. The summed E-state index contributed by atoms with van der Waals surface area (Å²) in [5.41, 5.74) is 0.0520. The van der Waals surface area contributed by atoms with Crippen molar-refractivity contribution in [2.45, 2.75) is 18.4 Å². The van der Waals surface area contributed by atoms with Crippen LogP contribution in [0.1, 0.15) is 28.8 Å². The number of carbonyl (C=O) groups is 1. The lowest BCUT2D eigenvalue weighted by Crippen LogP contribution is -2.49. The minimum atomic E-state index is -0.696. The average Bonchev–Trinajstić information content (AvgIpc) is 2.58. The van der Waals surface area contributed by atoms with Crippen LogP contribution in [-0.2, 0) is 17.3 Å². The van der Waals surface area contributed by atoms with Gasteiger partial charge in [0.2, 0.25) is 0 Å². The molecule has 1 saturated heterocycles. The van der Waals surface area contributed by atoms with E-state index in [1.54, 1.807) is 31.4 Å². The Kier molecular flexibility index (Phi) is 4.49. The van der Waals surface area contributed by atoms with Gasteiger partial charge in [-0.1, -0.05) is 12.1 Å². The van der Waals surface area contributed by atoms with Crippen molar-refractivity contribution in [1.82, 2.24) is 9.88 Å². The molecule has 1 aromatic heterocycles. The zero-order valence-electron chi connectivity index (χ0n) is 13.4. The van der Waals surface area contributed by atoms with Crippen molar-refractivity contribution >= 4 is 5.91 Å². The molecule has 2 heterocycles. The molecule has 24 heavy (non-hydrogen) atoms. The van der Waals surface area contributed by atoms with Crippen molar-refractivity contribution in [3.8, 4) is 0 Å². The van der Waals surface area contributed by atoms with Crippen molar-refractivity contribution in [1.29, 1.82) is 0 Å². The van der Waals surface area contributed by atoms with E-state index in [0.29, 0.717) is 37.2 Å². The zero-order chi connectivity index (χ0) is 17.2. The number of hydrogen-bond donors (Lipinski definition) is 1. The van der Waals surface area contributed by atoms with Gasteiger partial charge in [0.1, 0.15) is 5.82 Å². The van der Waals surface area contributed by atoms with Gasteiger partial charge in [0, 0.05) is 38.1 Å². The second-order valence-corrected chi connectivity index (χ2v) is 6.02. The molecule has 0 radical (unpaired) electrons. The van der Waals surface area contributed by atoms with Crippen LogP contribution < -0.4 is 10.9 Å². The first-order valence-corrected chi connectivity index (χ1v) is 7.83. The Bertz CT molecular complexity index is 810. The number of ether oxygens (including phenoxy) is 1. The highest BCUT2D eigenvalue weighted by molar-refractivity contribution is 5.94. The summed E-state index contributed by atoms with van der Waals surface area (Å²) in [5.74, 6) is -0.694. The zero-order valence-corrected chi connectivity index (χ0v) is 13.4. The highest BCUT2D eigenvalue weighted by Crippen LogP contribution is 2.32. The van der Waals surface area contributed by atoms with Crippen LogP contribution in [0, 0.1) is 5.82 Å². The molecular weight excluding hydrogens is 311 g/mol. The first kappa shape index (κ1) is 16.4. The number of nitrogens with one attached hydrogen (secondary N) is 1. The van der Waals surface area contributed by atoms with Gasteiger partial charge >= 0.3 is 0 Å². The highest BCUT2D eigenvalue weighted by Gasteiger charge is 2.36. The summed E-state index contributed by atoms with van der Waals surface area (Å²) in [6.45, 7) is 0.959. The van der Waals surface area contributed by atoms with E-state index in [1.807, 2.05) is 0 Å². The lowest BCUT2D eigenvalue weighted by molar-refractivity contribution is 0.0344. The van der Waals surface area contributed by atoms with E-state index in [2.05, 4.69) is 5.32 Å². The Hall–Kier alpha value is -2.47. The fourth-order valence-electron chi connectivity index (χ4n) is 2.97. The number of rotatable bonds is 3. The summed E-state index contributed by atoms with van der Waals surface area (Å²) < 4.78 is 20.5. The van der Waals surface area contributed by atoms with Crippen LogP contribution in [0.25, 0.3) is 0 Å². The summed E-state index contributed by atoms with van der Waals surface area (Å²) in [6, 6.07) is 9.14. The number of nitrogens with zero attached hydrogens (tertiary/aromatic N) is 1. The second kappa shape index (κ2) is 6.57. The Labute approximate surface area is 139 Å². The van der Waals surface area contributed by atoms with Crippen LogP contribution in [0.2, 0.25) is 0 Å². The topological polar surface area (TPSA) is 60.3 Å². The number of carbonyl (C=O) groups excluding carboxylic acids is 1. The molecule has 3 rings (SSSR count). The molecule has 0 saturated carbocycles. The van der Waals surface area contributed by atoms with Gasteiger partial charge in [-0.3, -0.25) is 9.59 Å². The molecule has 1 aromatic carbocycles. The molecule has 1 aliphatic heterocycles. The minimum absolute atomic E-state index is 0.255. The van der Waals surface area contributed by atoms with Gasteiger partial charge < -0.3 is 14.6 Å². The summed E-state index contributed by atoms with van der Waals surface area (Å²) in [7, 11) is 1.62. The Morgan fingerprint density at radius 2 is 2.00 bits per heavy atom. The lowest BCUT2D eigenvalue weighted by atomic mass is 9.82. The summed E-state index contributed by atoms with van der Waals surface area (Å²) in [6.07, 6.45) is 2.65. The van der Waals surface area contributed by atoms with E-state index in [1.165, 1.54) is 22.8 Å². The Morgan fingerprint density at radius 3 is 2.67 bits per heavy atom. The number of halogens is 1. The van der Waals surface area contributed by atoms with Gasteiger partial charge in [-0.05, 0) is 36.6 Å². The number of pyridine rings is 1. The molecular formula is C18H19FN2O3. The molecule has 0 bridgehead atoms. The van der Waals surface area contributed by atoms with Gasteiger partial charge in [0.25, 0.3) is 11.5 Å². The van der Waals surface area contributed by atoms with Crippen LogP contribution >= 0.6 is 0 Å². The van der Waals surface area contributed by atoms with Gasteiger partial charge in [0.05, 0.1) is 5.54 Å². The number of amides is 1. The largest absolute Gasteiger partial charge is 0.381 e. The molecule has 0 atom stereocenters. The van der Waals surface area contributed by atoms with Crippen LogP contribution in [0.15, 0.2) is 47.4 Å². The van der Waals surface area contributed by atoms with Crippen molar-refractivity contribution < 1.29 is 13.9 Å². The fraction of sp³-hybridized carbons (Fsp3) is 0.333. The van der Waals surface area contributed by atoms with Crippen molar-refractivity contribution in [2.24, 2.45) is 7.05 Å². The number of aryl methyl sites for hydroxylation is 1. The molecule has 1 amide bonds. The third-order valence-corrected chi connectivity index (χ3v) is 4.44. The molecule has 0 unspecified atom stereocenters. The molecule has 5 nitrogen and oxygen atoms in total. The maximum Gasteiger partial charge on any atom is 0.252 e. The summed E-state index contributed by atoms with van der Waals surface area (Å²) in [5, 5.41) is 3.01. The molecule has 1 aliphatic rings. The first-order chi connectivity index (χ1) is 11.5. The predicted octanol–water partition coefficient (Wildman–Crippen LogP) is 1.96. The SMILES string of the molecule is Cn1ccc(C(=O)NC2(c3cccc(F)c3)CCOCC2)cc1=O. The lowest BCUT2D eigenvalue weighted by Gasteiger charge is -2.38. The van der Waals surface area contributed by atoms with E-state index in [-0.39, 0.29) is 17.3 Å². The minimum Gasteiger partial charge on any atom is -0.381 e. The standard InChI is InChI=1S/C18H19FN2O3/c1-21-8-5-13(11-16(21)22)17(23)20-18(6-9-24-10-7-18)14-3-2-4-15(19)12-14/h2-5,8,11-12H,6-7,9-10H2,1H3,(H,20,23). The van der Waals surface area contributed by atoms with E-state index in [0.717, 1.165) is 0 Å². The molecule has 1 N–H and O–H groups in total. The second-order valence-electron chi connectivity index (χ2n) is 6.02. The van der Waals surface area contributed by atoms with Gasteiger partial charge in [0.15, 0.2) is 0 Å². The van der Waals surface area contributed by atoms with Gasteiger partial charge in [-0.2, -0.15) is 0 Å². The van der Waals surface area contributed by atoms with Crippen LogP contribution in [-0.4, -0.2) is 23.7 Å². The molecule has 126 valence electrons. The fourth-order valence-corrected chi connectivity index (χ4v) is 2.97. The summed E-state index contributed by atoms with van der Waals surface area (Å²) in [4.78, 5) is 24.4. The average molecular weight is 330 g/mol. The van der Waals surface area contributed by atoms with Crippen molar-refractivity contribution in [3.05, 3.63) is 69.9 Å². The first-order valence-electron chi connectivity index (χ1n) is 7.83. The van der Waals surface area contributed by atoms with Crippen LogP contribution in [0.5, 0.6) is 0 Å². The number of hydrogen-bond acceptors (Lipinski definition) is 3. The molecule has 2 aromatic rings. The van der Waals surface area contributed by atoms with E-state index >= 15 is 0 Å². The van der Waals surface area contributed by atoms with E-state index in [4.69, 9.17) is 4.74 Å². The van der Waals surface area contributed by atoms with E-state index in [9.17, 15) is 14.0 Å². The van der Waals surface area contributed by atoms with Gasteiger partial charge in [-0.15, -0.1) is 0 Å². The highest BCUT2D eigenvalue weighted by atomic mass is 19.1. The molecule has 1 fully saturated rings. The number of aromatic nitrogens is 1. The van der Waals surface area contributed by atoms with Crippen molar-refractivity contribution in [2.75, 3.05) is 13.2 Å². The predicted molar refractivity (Wildman–Crippen MR) is 87.3 cm³/mol. The maximum atomic E-state index is 13.7. The third kappa shape index (κ3) is 3.23. The molecule has 0 spiro atoms. The summed E-state index contributed by atoms with van der Waals surface area (Å²) >= 11 is 0. The van der Waals surface area contributed by atoms with Crippen LogP contribution in [0.4, 0.5) is 4.39 Å². The third-order valence-electron chi connectivity index (χ3n) is 4.44. The monoisotopic (exact) mass is 330 g/mol. The smallest absolute Gasteiger partial charge is 0.252 e. The number of benzene rings is 1. The van der Waals surface area contributed by atoms with Crippen molar-refractivity contribution in [3.63, 3.8) is 0 Å². The van der Waals surface area contributed by atoms with Crippen LogP contribution in [0.3, 0.4) is 0 Å². The maximum absolute atomic E-state index is 13.7. The van der Waals surface area contributed by atoms with E-state index < -0.39 is 5.54 Å². The van der Waals surface area contributed by atoms with Gasteiger partial charge in [-0.25, -0.2) is 4.39 Å². The normalized spacial score (nSPS) is 16.6.